The summed E-state index contributed by atoms with van der Waals surface area (Å²) in [6, 6.07) is 31.4. The van der Waals surface area contributed by atoms with E-state index in [-0.39, 0.29) is 51.0 Å². The Morgan fingerprint density at radius 1 is 0.733 bits per heavy atom. The van der Waals surface area contributed by atoms with Gasteiger partial charge in [0.15, 0.2) is 0 Å². The van der Waals surface area contributed by atoms with E-state index >= 15 is 0 Å². The summed E-state index contributed by atoms with van der Waals surface area (Å²) in [5.74, 6) is 0.592. The molecule has 0 aliphatic rings. The van der Waals surface area contributed by atoms with Crippen LogP contribution in [0, 0.1) is 0 Å². The Bertz CT molecular complexity index is 1230. The third-order valence-electron chi connectivity index (χ3n) is 6.00. The standard InChI is InChI=1S/C27H23.2ClH.Zr/c1-3-18(2)22-16-21-11-8-14-25(26(21)17-22)27-23-12-6-4-9-19(23)15-20-10-5-7-13-24(20)27;;;/h4-18H,3H2,1-2H3;2*1H;/q-1;;;+3/p-2. The first kappa shape index (κ1) is 24.7. The Kier molecular flexibility index (Phi) is 8.40. The van der Waals surface area contributed by atoms with Crippen LogP contribution in [-0.2, 0) is 26.2 Å². The molecular weight excluding hydrogens is 486 g/mol. The smallest absolute Gasteiger partial charge is 1.00 e. The van der Waals surface area contributed by atoms with E-state index in [1.54, 1.807) is 0 Å². The second-order valence-electron chi connectivity index (χ2n) is 7.60. The summed E-state index contributed by atoms with van der Waals surface area (Å²) >= 11 is 0. The summed E-state index contributed by atoms with van der Waals surface area (Å²) in [5, 5.41) is 7.98. The Hall–Kier alpha value is -1.53. The van der Waals surface area contributed by atoms with E-state index in [2.05, 4.69) is 98.8 Å². The van der Waals surface area contributed by atoms with E-state index in [0.717, 1.165) is 0 Å². The SMILES string of the molecule is CCC(C)c1cc2c(-c3c4ccccc4cc4ccccc34)cccc2[cH-]1.[Cl-].[Cl-].[Zr+3]. The molecule has 0 saturated carbocycles. The van der Waals surface area contributed by atoms with Crippen LogP contribution < -0.4 is 24.8 Å². The van der Waals surface area contributed by atoms with Crippen LogP contribution in [-0.4, -0.2) is 0 Å². The minimum absolute atomic E-state index is 0. The fourth-order valence-electron chi connectivity index (χ4n) is 4.30. The predicted molar refractivity (Wildman–Crippen MR) is 119 cm³/mol. The van der Waals surface area contributed by atoms with E-state index in [0.29, 0.717) is 5.92 Å². The monoisotopic (exact) mass is 507 g/mol. The summed E-state index contributed by atoms with van der Waals surface area (Å²) in [5.41, 5.74) is 4.15. The normalized spacial score (nSPS) is 11.5. The molecule has 0 aromatic heterocycles. The molecule has 0 heterocycles. The second-order valence-corrected chi connectivity index (χ2v) is 7.60. The maximum absolute atomic E-state index is 2.41. The van der Waals surface area contributed by atoms with Crippen molar-refractivity contribution in [3.05, 3.63) is 90.5 Å². The molecule has 5 aromatic carbocycles. The zero-order valence-electron chi connectivity index (χ0n) is 17.1. The van der Waals surface area contributed by atoms with Gasteiger partial charge in [-0.25, -0.2) is 0 Å². The molecular formula is C27H23Cl2Zr. The topological polar surface area (TPSA) is 0 Å². The van der Waals surface area contributed by atoms with E-state index in [4.69, 9.17) is 0 Å². The van der Waals surface area contributed by atoms with Crippen LogP contribution >= 0.6 is 0 Å². The van der Waals surface area contributed by atoms with Crippen molar-refractivity contribution in [3.63, 3.8) is 0 Å². The maximum Gasteiger partial charge on any atom is 3.00 e. The Balaban J connectivity index is 0.00000107. The van der Waals surface area contributed by atoms with Crippen molar-refractivity contribution in [1.82, 2.24) is 0 Å². The van der Waals surface area contributed by atoms with Crippen LogP contribution in [0.3, 0.4) is 0 Å². The van der Waals surface area contributed by atoms with Crippen molar-refractivity contribution >= 4 is 32.3 Å². The summed E-state index contributed by atoms with van der Waals surface area (Å²) in [6.45, 7) is 4.59. The molecule has 5 aromatic rings. The van der Waals surface area contributed by atoms with Gasteiger partial charge in [-0.2, -0.15) is 6.07 Å². The fourth-order valence-corrected chi connectivity index (χ4v) is 4.30. The van der Waals surface area contributed by atoms with Crippen molar-refractivity contribution in [2.24, 2.45) is 0 Å². The van der Waals surface area contributed by atoms with Crippen LogP contribution in [0.2, 0.25) is 0 Å². The van der Waals surface area contributed by atoms with Crippen molar-refractivity contribution < 1.29 is 51.0 Å². The van der Waals surface area contributed by atoms with Gasteiger partial charge in [0.05, 0.1) is 0 Å². The molecule has 0 bridgehead atoms. The first-order chi connectivity index (χ1) is 13.3. The number of hydrogen-bond acceptors (Lipinski definition) is 0. The van der Waals surface area contributed by atoms with Crippen LogP contribution in [0.4, 0.5) is 0 Å². The predicted octanol–water partition coefficient (Wildman–Crippen LogP) is 2.05. The summed E-state index contributed by atoms with van der Waals surface area (Å²) in [6.07, 6.45) is 1.17. The molecule has 30 heavy (non-hydrogen) atoms. The van der Waals surface area contributed by atoms with Gasteiger partial charge in [0.1, 0.15) is 0 Å². The van der Waals surface area contributed by atoms with Crippen LogP contribution in [0.25, 0.3) is 43.4 Å². The summed E-state index contributed by atoms with van der Waals surface area (Å²) < 4.78 is 0. The molecule has 1 unspecified atom stereocenters. The number of halogens is 2. The molecule has 1 radical (unpaired) electrons. The molecule has 149 valence electrons. The van der Waals surface area contributed by atoms with Gasteiger partial charge >= 0.3 is 26.2 Å². The molecule has 0 aliphatic heterocycles. The van der Waals surface area contributed by atoms with E-state index in [9.17, 15) is 0 Å². The van der Waals surface area contributed by atoms with Crippen molar-refractivity contribution in [2.75, 3.05) is 0 Å². The average Bonchev–Trinajstić information content (AvgIpc) is 3.16. The first-order valence-corrected chi connectivity index (χ1v) is 9.86. The molecule has 5 rings (SSSR count). The largest absolute Gasteiger partial charge is 3.00 e. The molecule has 0 nitrogen and oxygen atoms in total. The van der Waals surface area contributed by atoms with Gasteiger partial charge in [-0.15, -0.1) is 34.5 Å². The van der Waals surface area contributed by atoms with E-state index < -0.39 is 0 Å². The zero-order valence-corrected chi connectivity index (χ0v) is 21.1. The van der Waals surface area contributed by atoms with Crippen molar-refractivity contribution in [2.45, 2.75) is 26.2 Å². The molecule has 0 N–H and O–H groups in total. The van der Waals surface area contributed by atoms with Crippen LogP contribution in [0.5, 0.6) is 0 Å². The molecule has 1 atom stereocenters. The number of fused-ring (bicyclic) bond motifs is 3. The van der Waals surface area contributed by atoms with Gasteiger partial charge in [0.25, 0.3) is 0 Å². The first-order valence-electron chi connectivity index (χ1n) is 9.86. The second kappa shape index (κ2) is 10.2. The van der Waals surface area contributed by atoms with E-state index in [1.807, 2.05) is 0 Å². The van der Waals surface area contributed by atoms with E-state index in [1.165, 1.54) is 55.4 Å². The van der Waals surface area contributed by atoms with Gasteiger partial charge in [-0.3, -0.25) is 0 Å². The molecule has 0 amide bonds. The summed E-state index contributed by atoms with van der Waals surface area (Å²) in [4.78, 5) is 0. The summed E-state index contributed by atoms with van der Waals surface area (Å²) in [7, 11) is 0. The van der Waals surface area contributed by atoms with Gasteiger partial charge < -0.3 is 24.8 Å². The quantitative estimate of drug-likeness (QED) is 0.258. The molecule has 0 aliphatic carbocycles. The van der Waals surface area contributed by atoms with Crippen LogP contribution in [0.1, 0.15) is 31.7 Å². The zero-order chi connectivity index (χ0) is 18.4. The van der Waals surface area contributed by atoms with Gasteiger partial charge in [0, 0.05) is 0 Å². The van der Waals surface area contributed by atoms with Crippen molar-refractivity contribution in [3.8, 4) is 11.1 Å². The average molecular weight is 510 g/mol. The third-order valence-corrected chi connectivity index (χ3v) is 6.00. The number of benzene rings is 4. The molecule has 0 fully saturated rings. The minimum Gasteiger partial charge on any atom is -1.00 e. The van der Waals surface area contributed by atoms with Gasteiger partial charge in [-0.05, 0) is 39.1 Å². The fraction of sp³-hybridized carbons (Fsp3) is 0.148. The Labute approximate surface area is 210 Å². The number of rotatable bonds is 3. The third kappa shape index (κ3) is 4.13. The minimum atomic E-state index is 0. The maximum atomic E-state index is 2.41. The van der Waals surface area contributed by atoms with Gasteiger partial charge in [0.2, 0.25) is 0 Å². The van der Waals surface area contributed by atoms with Gasteiger partial charge in [-0.1, -0.05) is 80.4 Å². The number of hydrogen-bond donors (Lipinski definition) is 0. The molecule has 0 spiro atoms. The molecule has 3 heteroatoms. The van der Waals surface area contributed by atoms with Crippen molar-refractivity contribution in [1.29, 1.82) is 0 Å². The molecule has 0 saturated heterocycles. The Morgan fingerprint density at radius 3 is 1.93 bits per heavy atom. The Morgan fingerprint density at radius 2 is 1.33 bits per heavy atom. The van der Waals surface area contributed by atoms with Crippen LogP contribution in [0.15, 0.2) is 84.9 Å².